The summed E-state index contributed by atoms with van der Waals surface area (Å²) in [6.45, 7) is 2.67. The van der Waals surface area contributed by atoms with Crippen molar-refractivity contribution in [2.45, 2.75) is 31.9 Å². The van der Waals surface area contributed by atoms with E-state index in [4.69, 9.17) is 10.8 Å². The van der Waals surface area contributed by atoms with Crippen LogP contribution in [0.4, 0.5) is 4.79 Å². The predicted molar refractivity (Wildman–Crippen MR) is 85.2 cm³/mol. The van der Waals surface area contributed by atoms with Gasteiger partial charge in [-0.2, -0.15) is 0 Å². The molecular formula is C15H24N4O6. The lowest BCUT2D eigenvalue weighted by molar-refractivity contribution is -0.134. The molecule has 0 spiro atoms. The summed E-state index contributed by atoms with van der Waals surface area (Å²) in [7, 11) is 0. The van der Waals surface area contributed by atoms with Crippen molar-refractivity contribution < 1.29 is 29.4 Å². The van der Waals surface area contributed by atoms with Crippen molar-refractivity contribution in [2.24, 2.45) is 17.6 Å². The number of rotatable bonds is 5. The largest absolute Gasteiger partial charge is 0.465 e. The molecule has 2 saturated heterocycles. The molecule has 4 amide bonds. The van der Waals surface area contributed by atoms with Crippen molar-refractivity contribution in [3.63, 3.8) is 0 Å². The molecule has 140 valence electrons. The Morgan fingerprint density at radius 1 is 1.08 bits per heavy atom. The van der Waals surface area contributed by atoms with Crippen molar-refractivity contribution in [1.29, 1.82) is 0 Å². The number of primary amides is 1. The van der Waals surface area contributed by atoms with E-state index in [1.165, 1.54) is 11.8 Å². The second kappa shape index (κ2) is 7.68. The third kappa shape index (κ3) is 4.38. The van der Waals surface area contributed by atoms with Crippen LogP contribution in [-0.2, 0) is 14.4 Å². The van der Waals surface area contributed by atoms with Gasteiger partial charge in [-0.15, -0.1) is 0 Å². The van der Waals surface area contributed by atoms with Crippen LogP contribution in [0.2, 0.25) is 0 Å². The van der Waals surface area contributed by atoms with E-state index in [1.54, 1.807) is 4.90 Å². The van der Waals surface area contributed by atoms with Crippen molar-refractivity contribution in [3.05, 3.63) is 0 Å². The zero-order chi connectivity index (χ0) is 18.7. The SMILES string of the molecule is C[C@H](NC(=O)[C@@H]1CCN(C(=O)[C@@H]2CCN(C(=O)O)C2)C1)[C@@H](O)C(N)=O. The molecule has 2 fully saturated rings. The van der Waals surface area contributed by atoms with E-state index in [0.29, 0.717) is 25.9 Å². The number of carbonyl (C=O) groups excluding carboxylic acids is 3. The maximum Gasteiger partial charge on any atom is 0.407 e. The Labute approximate surface area is 144 Å². The first-order valence-corrected chi connectivity index (χ1v) is 8.25. The summed E-state index contributed by atoms with van der Waals surface area (Å²) in [6, 6.07) is -0.811. The number of hydrogen-bond acceptors (Lipinski definition) is 5. The second-order valence-corrected chi connectivity index (χ2v) is 6.63. The summed E-state index contributed by atoms with van der Waals surface area (Å²) in [5.41, 5.74) is 4.99. The van der Waals surface area contributed by atoms with Gasteiger partial charge in [-0.3, -0.25) is 14.4 Å². The number of hydrogen-bond donors (Lipinski definition) is 4. The highest BCUT2D eigenvalue weighted by atomic mass is 16.4. The Kier molecular flexibility index (Phi) is 5.83. The minimum absolute atomic E-state index is 0.135. The Morgan fingerprint density at radius 3 is 2.20 bits per heavy atom. The van der Waals surface area contributed by atoms with E-state index >= 15 is 0 Å². The molecular weight excluding hydrogens is 332 g/mol. The molecule has 0 aromatic rings. The molecule has 2 aliphatic heterocycles. The van der Waals surface area contributed by atoms with Gasteiger partial charge in [0.2, 0.25) is 17.7 Å². The molecule has 0 aromatic heterocycles. The molecule has 10 heteroatoms. The van der Waals surface area contributed by atoms with E-state index in [2.05, 4.69) is 5.32 Å². The molecule has 10 nitrogen and oxygen atoms in total. The summed E-state index contributed by atoms with van der Waals surface area (Å²) < 4.78 is 0. The lowest BCUT2D eigenvalue weighted by atomic mass is 10.1. The predicted octanol–water partition coefficient (Wildman–Crippen LogP) is -1.81. The molecule has 2 rings (SSSR count). The standard InChI is InChI=1S/C15H24N4O6/c1-8(11(20)12(16)21)17-13(22)9-2-4-18(6-9)14(23)10-3-5-19(7-10)15(24)25/h8-11,20H,2-7H2,1H3,(H2,16,21)(H,17,22)(H,24,25)/t8-,9+,10+,11+/m0/s1. The number of aliphatic hydroxyl groups is 1. The van der Waals surface area contributed by atoms with Crippen molar-refractivity contribution >= 4 is 23.8 Å². The first-order valence-electron chi connectivity index (χ1n) is 8.25. The van der Waals surface area contributed by atoms with E-state index < -0.39 is 30.1 Å². The molecule has 0 aliphatic carbocycles. The van der Waals surface area contributed by atoms with Crippen LogP contribution in [0.25, 0.3) is 0 Å². The fourth-order valence-corrected chi connectivity index (χ4v) is 3.24. The average Bonchev–Trinajstić information content (AvgIpc) is 3.22. The van der Waals surface area contributed by atoms with Gasteiger partial charge in [0, 0.05) is 26.2 Å². The number of nitrogens with zero attached hydrogens (tertiary/aromatic N) is 2. The lowest BCUT2D eigenvalue weighted by Gasteiger charge is -2.22. The number of nitrogens with two attached hydrogens (primary N) is 1. The Bertz CT molecular complexity index is 568. The Hall–Kier alpha value is -2.36. The van der Waals surface area contributed by atoms with Crippen LogP contribution in [0, 0.1) is 11.8 Å². The summed E-state index contributed by atoms with van der Waals surface area (Å²) in [5, 5.41) is 21.0. The van der Waals surface area contributed by atoms with Gasteiger partial charge < -0.3 is 31.1 Å². The third-order valence-corrected chi connectivity index (χ3v) is 4.81. The number of carbonyl (C=O) groups is 4. The third-order valence-electron chi connectivity index (χ3n) is 4.81. The van der Waals surface area contributed by atoms with Gasteiger partial charge in [-0.1, -0.05) is 0 Å². The van der Waals surface area contributed by atoms with Crippen LogP contribution in [0.5, 0.6) is 0 Å². The van der Waals surface area contributed by atoms with Crippen LogP contribution in [0.1, 0.15) is 19.8 Å². The fraction of sp³-hybridized carbons (Fsp3) is 0.733. The highest BCUT2D eigenvalue weighted by molar-refractivity contribution is 5.85. The van der Waals surface area contributed by atoms with Crippen LogP contribution < -0.4 is 11.1 Å². The van der Waals surface area contributed by atoms with Gasteiger partial charge in [-0.25, -0.2) is 4.79 Å². The first kappa shape index (κ1) is 19.0. The molecule has 2 heterocycles. The van der Waals surface area contributed by atoms with Crippen molar-refractivity contribution in [2.75, 3.05) is 26.2 Å². The molecule has 0 bridgehead atoms. The molecule has 0 unspecified atom stereocenters. The second-order valence-electron chi connectivity index (χ2n) is 6.63. The molecule has 2 aliphatic rings. The van der Waals surface area contributed by atoms with Gasteiger partial charge in [0.25, 0.3) is 0 Å². The fourth-order valence-electron chi connectivity index (χ4n) is 3.24. The molecule has 0 saturated carbocycles. The summed E-state index contributed by atoms with van der Waals surface area (Å²) in [4.78, 5) is 49.4. The Balaban J connectivity index is 1.84. The van der Waals surface area contributed by atoms with Gasteiger partial charge >= 0.3 is 6.09 Å². The van der Waals surface area contributed by atoms with Crippen LogP contribution in [-0.4, -0.2) is 82.2 Å². The molecule has 0 aromatic carbocycles. The quantitative estimate of drug-likeness (QED) is 0.455. The topological polar surface area (TPSA) is 153 Å². The maximum atomic E-state index is 12.5. The summed E-state index contributed by atoms with van der Waals surface area (Å²) >= 11 is 0. The van der Waals surface area contributed by atoms with Gasteiger partial charge in [0.15, 0.2) is 6.10 Å². The number of aliphatic hydroxyl groups excluding tert-OH is 1. The maximum absolute atomic E-state index is 12.5. The van der Waals surface area contributed by atoms with E-state index in [9.17, 15) is 24.3 Å². The number of nitrogens with one attached hydrogen (secondary N) is 1. The monoisotopic (exact) mass is 356 g/mol. The zero-order valence-electron chi connectivity index (χ0n) is 14.1. The first-order chi connectivity index (χ1) is 11.7. The van der Waals surface area contributed by atoms with Crippen LogP contribution >= 0.6 is 0 Å². The van der Waals surface area contributed by atoms with Gasteiger partial charge in [0.05, 0.1) is 17.9 Å². The van der Waals surface area contributed by atoms with Crippen molar-refractivity contribution in [1.82, 2.24) is 15.1 Å². The summed E-state index contributed by atoms with van der Waals surface area (Å²) in [5.74, 6) is -2.19. The van der Waals surface area contributed by atoms with Crippen LogP contribution in [0.15, 0.2) is 0 Å². The number of carboxylic acid groups (broad SMARTS) is 1. The minimum atomic E-state index is -1.47. The van der Waals surface area contributed by atoms with E-state index in [1.807, 2.05) is 0 Å². The van der Waals surface area contributed by atoms with E-state index in [0.717, 1.165) is 0 Å². The zero-order valence-corrected chi connectivity index (χ0v) is 14.1. The number of likely N-dealkylation sites (tertiary alicyclic amines) is 2. The molecule has 0 radical (unpaired) electrons. The highest BCUT2D eigenvalue weighted by Gasteiger charge is 2.38. The number of amides is 4. The lowest BCUT2D eigenvalue weighted by Crippen LogP contribution is -2.49. The smallest absolute Gasteiger partial charge is 0.407 e. The molecule has 4 atom stereocenters. The normalized spacial score (nSPS) is 25.5. The average molecular weight is 356 g/mol. The summed E-state index contributed by atoms with van der Waals surface area (Å²) in [6.07, 6.45) is -1.54. The van der Waals surface area contributed by atoms with Crippen molar-refractivity contribution in [3.8, 4) is 0 Å². The van der Waals surface area contributed by atoms with Gasteiger partial charge in [0.1, 0.15) is 0 Å². The minimum Gasteiger partial charge on any atom is -0.465 e. The highest BCUT2D eigenvalue weighted by Crippen LogP contribution is 2.24. The van der Waals surface area contributed by atoms with Crippen LogP contribution in [0.3, 0.4) is 0 Å². The Morgan fingerprint density at radius 2 is 1.64 bits per heavy atom. The van der Waals surface area contributed by atoms with E-state index in [-0.39, 0.29) is 30.8 Å². The molecule has 25 heavy (non-hydrogen) atoms. The molecule has 5 N–H and O–H groups in total. The van der Waals surface area contributed by atoms with Gasteiger partial charge in [-0.05, 0) is 19.8 Å².